The molecule has 0 aliphatic carbocycles. The quantitative estimate of drug-likeness (QED) is 0.792. The molecule has 0 aromatic heterocycles. The monoisotopic (exact) mass is 269 g/mol. The number of hydrazine groups is 1. The van der Waals surface area contributed by atoms with Crippen LogP contribution in [0.15, 0.2) is 0 Å². The summed E-state index contributed by atoms with van der Waals surface area (Å²) in [6.07, 6.45) is 3.91. The first-order valence-electron chi connectivity index (χ1n) is 7.05. The van der Waals surface area contributed by atoms with Crippen LogP contribution in [0, 0.1) is 5.92 Å². The molecule has 3 atom stereocenters. The summed E-state index contributed by atoms with van der Waals surface area (Å²) >= 11 is 0. The Balaban J connectivity index is 1.89. The topological polar surface area (TPSA) is 72.9 Å². The first-order valence-corrected chi connectivity index (χ1v) is 7.05. The third kappa shape index (κ3) is 3.18. The minimum atomic E-state index is -0.810. The van der Waals surface area contributed by atoms with Crippen LogP contribution in [0.1, 0.15) is 39.5 Å². The number of urea groups is 1. The van der Waals surface area contributed by atoms with Gasteiger partial charge in [-0.05, 0) is 33.1 Å². The van der Waals surface area contributed by atoms with Crippen LogP contribution in [0.2, 0.25) is 0 Å². The third-order valence-corrected chi connectivity index (χ3v) is 4.24. The van der Waals surface area contributed by atoms with E-state index in [1.807, 2.05) is 5.01 Å². The average molecular weight is 269 g/mol. The van der Waals surface area contributed by atoms with Crippen LogP contribution in [-0.4, -0.2) is 52.2 Å². The van der Waals surface area contributed by atoms with E-state index in [4.69, 9.17) is 5.11 Å². The largest absolute Gasteiger partial charge is 0.481 e. The summed E-state index contributed by atoms with van der Waals surface area (Å²) in [5, 5.41) is 11.0. The van der Waals surface area contributed by atoms with Crippen LogP contribution >= 0.6 is 0 Å². The van der Waals surface area contributed by atoms with Crippen molar-refractivity contribution in [2.75, 3.05) is 13.1 Å². The molecule has 0 saturated carbocycles. The predicted molar refractivity (Wildman–Crippen MR) is 70.5 cm³/mol. The summed E-state index contributed by atoms with van der Waals surface area (Å²) < 4.78 is 0. The molecule has 2 aliphatic heterocycles. The molecule has 2 fully saturated rings. The molecule has 0 spiro atoms. The fourth-order valence-electron chi connectivity index (χ4n) is 2.97. The molecule has 108 valence electrons. The number of nitrogens with one attached hydrogen (secondary N) is 1. The van der Waals surface area contributed by atoms with E-state index in [0.29, 0.717) is 31.6 Å². The highest BCUT2D eigenvalue weighted by Gasteiger charge is 2.33. The van der Waals surface area contributed by atoms with Gasteiger partial charge in [-0.3, -0.25) is 10.2 Å². The SMILES string of the molecule is CC1CCCC(C)N1NC(=O)N1CCC(C(=O)O)C1. The maximum Gasteiger partial charge on any atom is 0.331 e. The molecule has 0 aromatic carbocycles. The molecule has 2 rings (SSSR count). The number of likely N-dealkylation sites (tertiary alicyclic amines) is 1. The number of hydrogen-bond donors (Lipinski definition) is 2. The Bertz CT molecular complexity index is 351. The molecule has 0 aromatic rings. The smallest absolute Gasteiger partial charge is 0.331 e. The van der Waals surface area contributed by atoms with Crippen LogP contribution in [-0.2, 0) is 4.79 Å². The second kappa shape index (κ2) is 5.77. The van der Waals surface area contributed by atoms with Gasteiger partial charge in [0.15, 0.2) is 0 Å². The van der Waals surface area contributed by atoms with Gasteiger partial charge in [0.05, 0.1) is 5.92 Å². The molecule has 19 heavy (non-hydrogen) atoms. The summed E-state index contributed by atoms with van der Waals surface area (Å²) in [5.74, 6) is -1.23. The summed E-state index contributed by atoms with van der Waals surface area (Å²) in [7, 11) is 0. The van der Waals surface area contributed by atoms with Crippen molar-refractivity contribution in [2.45, 2.75) is 51.6 Å². The van der Waals surface area contributed by atoms with Crippen molar-refractivity contribution in [1.29, 1.82) is 0 Å². The zero-order valence-corrected chi connectivity index (χ0v) is 11.6. The summed E-state index contributed by atoms with van der Waals surface area (Å²) in [5.41, 5.74) is 2.95. The first kappa shape index (κ1) is 14.1. The minimum Gasteiger partial charge on any atom is -0.481 e. The van der Waals surface area contributed by atoms with Gasteiger partial charge in [-0.2, -0.15) is 0 Å². The maximum absolute atomic E-state index is 12.2. The van der Waals surface area contributed by atoms with Crippen LogP contribution in [0.25, 0.3) is 0 Å². The first-order chi connectivity index (χ1) is 8.99. The van der Waals surface area contributed by atoms with E-state index < -0.39 is 11.9 Å². The lowest BCUT2D eigenvalue weighted by molar-refractivity contribution is -0.141. The van der Waals surface area contributed by atoms with Gasteiger partial charge in [0.2, 0.25) is 0 Å². The Morgan fingerprint density at radius 1 is 1.16 bits per heavy atom. The van der Waals surface area contributed by atoms with Crippen molar-refractivity contribution >= 4 is 12.0 Å². The van der Waals surface area contributed by atoms with Gasteiger partial charge in [0.1, 0.15) is 0 Å². The summed E-state index contributed by atoms with van der Waals surface area (Å²) in [6.45, 7) is 5.07. The van der Waals surface area contributed by atoms with Crippen molar-refractivity contribution in [2.24, 2.45) is 5.92 Å². The van der Waals surface area contributed by atoms with E-state index in [1.54, 1.807) is 4.90 Å². The molecule has 2 amide bonds. The summed E-state index contributed by atoms with van der Waals surface area (Å²) in [4.78, 5) is 24.7. The fraction of sp³-hybridized carbons (Fsp3) is 0.846. The Kier molecular flexibility index (Phi) is 4.29. The van der Waals surface area contributed by atoms with E-state index >= 15 is 0 Å². The van der Waals surface area contributed by atoms with Crippen molar-refractivity contribution in [3.8, 4) is 0 Å². The number of rotatable bonds is 2. The van der Waals surface area contributed by atoms with Gasteiger partial charge in [-0.15, -0.1) is 0 Å². The van der Waals surface area contributed by atoms with Crippen molar-refractivity contribution < 1.29 is 14.7 Å². The zero-order chi connectivity index (χ0) is 14.0. The number of carboxylic acids is 1. The molecule has 2 aliphatic rings. The fourth-order valence-corrected chi connectivity index (χ4v) is 2.97. The third-order valence-electron chi connectivity index (χ3n) is 4.24. The van der Waals surface area contributed by atoms with Gasteiger partial charge in [-0.1, -0.05) is 6.42 Å². The number of carbonyl (C=O) groups is 2. The number of aliphatic carboxylic acids is 1. The minimum absolute atomic E-state index is 0.163. The number of piperidine rings is 1. The summed E-state index contributed by atoms with van der Waals surface area (Å²) in [6, 6.07) is 0.514. The highest BCUT2D eigenvalue weighted by Crippen LogP contribution is 2.21. The van der Waals surface area contributed by atoms with E-state index in [9.17, 15) is 9.59 Å². The molecule has 6 nitrogen and oxygen atoms in total. The van der Waals surface area contributed by atoms with Crippen LogP contribution < -0.4 is 5.43 Å². The zero-order valence-electron chi connectivity index (χ0n) is 11.6. The van der Waals surface area contributed by atoms with Crippen molar-refractivity contribution in [1.82, 2.24) is 15.3 Å². The molecular weight excluding hydrogens is 246 g/mol. The number of amides is 2. The Labute approximate surface area is 113 Å². The number of hydrogen-bond acceptors (Lipinski definition) is 3. The molecular formula is C13H23N3O3. The number of nitrogens with zero attached hydrogens (tertiary/aromatic N) is 2. The van der Waals surface area contributed by atoms with E-state index in [2.05, 4.69) is 19.3 Å². The number of carbonyl (C=O) groups excluding carboxylic acids is 1. The molecule has 2 saturated heterocycles. The average Bonchev–Trinajstić information content (AvgIpc) is 2.83. The van der Waals surface area contributed by atoms with E-state index in [1.165, 1.54) is 6.42 Å². The molecule has 3 unspecified atom stereocenters. The van der Waals surface area contributed by atoms with Gasteiger partial charge < -0.3 is 10.0 Å². The van der Waals surface area contributed by atoms with Crippen LogP contribution in [0.4, 0.5) is 4.79 Å². The Hall–Kier alpha value is -1.30. The predicted octanol–water partition coefficient (Wildman–Crippen LogP) is 1.28. The van der Waals surface area contributed by atoms with Crippen LogP contribution in [0.3, 0.4) is 0 Å². The second-order valence-corrected chi connectivity index (χ2v) is 5.72. The second-order valence-electron chi connectivity index (χ2n) is 5.72. The van der Waals surface area contributed by atoms with Gasteiger partial charge >= 0.3 is 12.0 Å². The molecule has 0 radical (unpaired) electrons. The molecule has 0 bridgehead atoms. The lowest BCUT2D eigenvalue weighted by Crippen LogP contribution is -2.57. The van der Waals surface area contributed by atoms with E-state index in [-0.39, 0.29) is 6.03 Å². The van der Waals surface area contributed by atoms with E-state index in [0.717, 1.165) is 12.8 Å². The highest BCUT2D eigenvalue weighted by molar-refractivity contribution is 5.77. The van der Waals surface area contributed by atoms with Gasteiger partial charge in [0, 0.05) is 25.2 Å². The maximum atomic E-state index is 12.2. The lowest BCUT2D eigenvalue weighted by atomic mass is 10.00. The molecule has 2 N–H and O–H groups in total. The van der Waals surface area contributed by atoms with Gasteiger partial charge in [-0.25, -0.2) is 9.80 Å². The number of carboxylic acid groups (broad SMARTS) is 1. The normalized spacial score (nSPS) is 32.3. The highest BCUT2D eigenvalue weighted by atomic mass is 16.4. The molecule has 6 heteroatoms. The van der Waals surface area contributed by atoms with Crippen molar-refractivity contribution in [3.05, 3.63) is 0 Å². The Morgan fingerprint density at radius 2 is 1.79 bits per heavy atom. The standard InChI is InChI=1S/C13H23N3O3/c1-9-4-3-5-10(2)16(9)14-13(19)15-7-6-11(8-15)12(17)18/h9-11H,3-8H2,1-2H3,(H,14,19)(H,17,18). The van der Waals surface area contributed by atoms with Crippen molar-refractivity contribution in [3.63, 3.8) is 0 Å². The lowest BCUT2D eigenvalue weighted by Gasteiger charge is -2.39. The van der Waals surface area contributed by atoms with Gasteiger partial charge in [0.25, 0.3) is 0 Å². The van der Waals surface area contributed by atoms with Crippen LogP contribution in [0.5, 0.6) is 0 Å². The molecule has 2 heterocycles. The Morgan fingerprint density at radius 3 is 2.32 bits per heavy atom.